The lowest BCUT2D eigenvalue weighted by atomic mass is 10.0. The van der Waals surface area contributed by atoms with E-state index >= 15 is 0 Å². The highest BCUT2D eigenvalue weighted by atomic mass is 16.5. The third kappa shape index (κ3) is 3.77. The Morgan fingerprint density at radius 3 is 2.27 bits per heavy atom. The Balaban J connectivity index is 1.96. The van der Waals surface area contributed by atoms with Crippen LogP contribution in [0.3, 0.4) is 0 Å². The molecule has 0 N–H and O–H groups in total. The van der Waals surface area contributed by atoms with Crippen LogP contribution in [0.4, 0.5) is 11.4 Å². The van der Waals surface area contributed by atoms with E-state index in [0.29, 0.717) is 12.5 Å². The number of nitrogens with zero attached hydrogens (tertiary/aromatic N) is 2. The van der Waals surface area contributed by atoms with Gasteiger partial charge in [-0.2, -0.15) is 5.11 Å². The molecule has 26 heavy (non-hydrogen) atoms. The van der Waals surface area contributed by atoms with Gasteiger partial charge in [-0.05, 0) is 79.3 Å². The fraction of sp³-hybridized carbons (Fsp3) is 0.304. The fourth-order valence-corrected chi connectivity index (χ4v) is 3.14. The average molecular weight is 346 g/mol. The smallest absolute Gasteiger partial charge is 0.119 e. The summed E-state index contributed by atoms with van der Waals surface area (Å²) in [7, 11) is 0. The van der Waals surface area contributed by atoms with Gasteiger partial charge in [-0.3, -0.25) is 0 Å². The van der Waals surface area contributed by atoms with Crippen LogP contribution in [-0.2, 0) is 0 Å². The molecule has 0 unspecified atom stereocenters. The fourth-order valence-electron chi connectivity index (χ4n) is 3.14. The molecule has 0 radical (unpaired) electrons. The molecule has 0 fully saturated rings. The van der Waals surface area contributed by atoms with Crippen LogP contribution >= 0.6 is 0 Å². The van der Waals surface area contributed by atoms with E-state index in [1.54, 1.807) is 0 Å². The zero-order valence-corrected chi connectivity index (χ0v) is 16.2. The number of rotatable bonds is 5. The second-order valence-corrected chi connectivity index (χ2v) is 6.94. The summed E-state index contributed by atoms with van der Waals surface area (Å²) in [6, 6.07) is 16.5. The highest BCUT2D eigenvalue weighted by Crippen LogP contribution is 2.41. The first-order chi connectivity index (χ1) is 12.5. The largest absolute Gasteiger partial charge is 0.494 e. The quantitative estimate of drug-likeness (QED) is 0.445. The molecule has 134 valence electrons. The molecule has 3 nitrogen and oxygen atoms in total. The number of aryl methyl sites for hydroxylation is 2. The van der Waals surface area contributed by atoms with Crippen molar-refractivity contribution in [1.29, 1.82) is 0 Å². The monoisotopic (exact) mass is 346 g/mol. The Bertz CT molecular complexity index is 895. The maximum absolute atomic E-state index is 5.47. The van der Waals surface area contributed by atoms with Gasteiger partial charge >= 0.3 is 0 Å². The Morgan fingerprint density at radius 2 is 1.62 bits per heavy atom. The summed E-state index contributed by atoms with van der Waals surface area (Å²) >= 11 is 0. The number of ether oxygens (including phenoxy) is 1. The summed E-state index contributed by atoms with van der Waals surface area (Å²) in [5.41, 5.74) is 7.99. The van der Waals surface area contributed by atoms with Crippen molar-refractivity contribution >= 4 is 11.4 Å². The minimum absolute atomic E-state index is 0.494. The highest BCUT2D eigenvalue weighted by Gasteiger charge is 2.16. The number of fused-ring (bicyclic) bond motifs is 1. The molecule has 2 aliphatic carbocycles. The van der Waals surface area contributed by atoms with Gasteiger partial charge in [0.05, 0.1) is 18.0 Å². The van der Waals surface area contributed by atoms with E-state index in [1.165, 1.54) is 27.8 Å². The molecule has 1 aromatic rings. The van der Waals surface area contributed by atoms with Crippen molar-refractivity contribution < 1.29 is 4.74 Å². The molecule has 3 rings (SSSR count). The van der Waals surface area contributed by atoms with Crippen molar-refractivity contribution in [2.24, 2.45) is 10.2 Å². The molecular weight excluding hydrogens is 320 g/mol. The van der Waals surface area contributed by atoms with Gasteiger partial charge in [0.15, 0.2) is 0 Å². The molecule has 0 atom stereocenters. The SMILES string of the molecule is CCOc1ccc(N=Nc2cc(C)c3cc(C(C)C)ccc(C)c2-3)cc1. The van der Waals surface area contributed by atoms with Crippen molar-refractivity contribution in [1.82, 2.24) is 0 Å². The van der Waals surface area contributed by atoms with Gasteiger partial charge in [-0.25, -0.2) is 0 Å². The predicted octanol–water partition coefficient (Wildman–Crippen LogP) is 7.35. The first kappa shape index (κ1) is 18.1. The second kappa shape index (κ2) is 7.69. The van der Waals surface area contributed by atoms with Crippen molar-refractivity contribution in [3.63, 3.8) is 0 Å². The summed E-state index contributed by atoms with van der Waals surface area (Å²) in [6.45, 7) is 11.4. The molecule has 3 heteroatoms. The van der Waals surface area contributed by atoms with Gasteiger partial charge in [-0.1, -0.05) is 32.0 Å². The molecule has 0 saturated carbocycles. The molecule has 0 aromatic heterocycles. The van der Waals surface area contributed by atoms with Crippen molar-refractivity contribution in [2.45, 2.75) is 40.5 Å². The number of hydrogen-bond acceptors (Lipinski definition) is 3. The molecular formula is C23H26N2O. The second-order valence-electron chi connectivity index (χ2n) is 6.94. The van der Waals surface area contributed by atoms with Crippen LogP contribution in [-0.4, -0.2) is 6.61 Å². The standard InChI is InChI=1S/C23H26N2O/c1-6-26-20-11-9-19(10-12-20)24-25-22-13-17(5)21-14-18(15(2)3)8-7-16(4)23(21)22/h7-15H,6H2,1-5H3. The van der Waals surface area contributed by atoms with Gasteiger partial charge in [0, 0.05) is 5.56 Å². The minimum Gasteiger partial charge on any atom is -0.494 e. The summed E-state index contributed by atoms with van der Waals surface area (Å²) in [6.07, 6.45) is 0. The van der Waals surface area contributed by atoms with Gasteiger partial charge in [0.2, 0.25) is 0 Å². The van der Waals surface area contributed by atoms with E-state index in [9.17, 15) is 0 Å². The zero-order valence-electron chi connectivity index (χ0n) is 16.2. The average Bonchev–Trinajstić information content (AvgIpc) is 2.81. The van der Waals surface area contributed by atoms with Crippen LogP contribution in [0.1, 0.15) is 43.4 Å². The van der Waals surface area contributed by atoms with E-state index in [0.717, 1.165) is 17.1 Å². The minimum atomic E-state index is 0.494. The normalized spacial score (nSPS) is 11.6. The van der Waals surface area contributed by atoms with E-state index < -0.39 is 0 Å². The van der Waals surface area contributed by atoms with E-state index in [4.69, 9.17) is 4.74 Å². The summed E-state index contributed by atoms with van der Waals surface area (Å²) < 4.78 is 5.47. The number of azo groups is 1. The van der Waals surface area contributed by atoms with Crippen LogP contribution in [0.25, 0.3) is 11.1 Å². The van der Waals surface area contributed by atoms with E-state index in [2.05, 4.69) is 62.2 Å². The summed E-state index contributed by atoms with van der Waals surface area (Å²) in [5.74, 6) is 1.35. The van der Waals surface area contributed by atoms with Gasteiger partial charge < -0.3 is 4.74 Å². The van der Waals surface area contributed by atoms with Crippen molar-refractivity contribution in [3.8, 4) is 16.9 Å². The predicted molar refractivity (Wildman–Crippen MR) is 108 cm³/mol. The zero-order chi connectivity index (χ0) is 18.7. The van der Waals surface area contributed by atoms with Crippen LogP contribution in [0.5, 0.6) is 5.75 Å². The summed E-state index contributed by atoms with van der Waals surface area (Å²) in [5, 5.41) is 8.98. The molecule has 2 aliphatic rings. The van der Waals surface area contributed by atoms with Gasteiger partial charge in [0.1, 0.15) is 5.75 Å². The first-order valence-corrected chi connectivity index (χ1v) is 9.18. The number of benzene rings is 1. The lowest BCUT2D eigenvalue weighted by Crippen LogP contribution is -1.89. The molecule has 0 amide bonds. The Morgan fingerprint density at radius 1 is 0.885 bits per heavy atom. The van der Waals surface area contributed by atoms with Crippen LogP contribution in [0, 0.1) is 13.8 Å². The lowest BCUT2D eigenvalue weighted by Gasteiger charge is -2.04. The van der Waals surface area contributed by atoms with Crippen LogP contribution in [0.15, 0.2) is 58.8 Å². The van der Waals surface area contributed by atoms with Gasteiger partial charge in [-0.15, -0.1) is 5.11 Å². The third-order valence-electron chi connectivity index (χ3n) is 4.62. The maximum Gasteiger partial charge on any atom is 0.119 e. The lowest BCUT2D eigenvalue weighted by molar-refractivity contribution is 0.340. The van der Waals surface area contributed by atoms with Crippen LogP contribution < -0.4 is 4.74 Å². The summed E-state index contributed by atoms with van der Waals surface area (Å²) in [4.78, 5) is 0. The van der Waals surface area contributed by atoms with E-state index in [-0.39, 0.29) is 0 Å². The third-order valence-corrected chi connectivity index (χ3v) is 4.62. The van der Waals surface area contributed by atoms with Crippen molar-refractivity contribution in [3.05, 3.63) is 65.2 Å². The number of hydrogen-bond donors (Lipinski definition) is 0. The first-order valence-electron chi connectivity index (χ1n) is 9.18. The Hall–Kier alpha value is -2.68. The Kier molecular flexibility index (Phi) is 5.36. The molecule has 0 aliphatic heterocycles. The molecule has 0 saturated heterocycles. The Labute approximate surface area is 156 Å². The maximum atomic E-state index is 5.47. The van der Waals surface area contributed by atoms with Gasteiger partial charge in [0.25, 0.3) is 0 Å². The topological polar surface area (TPSA) is 34.0 Å². The molecule has 1 aromatic carbocycles. The molecule has 0 bridgehead atoms. The van der Waals surface area contributed by atoms with Crippen molar-refractivity contribution in [2.75, 3.05) is 6.61 Å². The molecule has 0 spiro atoms. The van der Waals surface area contributed by atoms with E-state index in [1.807, 2.05) is 31.2 Å². The highest BCUT2D eigenvalue weighted by molar-refractivity contribution is 5.85. The molecule has 0 heterocycles. The van der Waals surface area contributed by atoms with Crippen LogP contribution in [0.2, 0.25) is 0 Å².